The van der Waals surface area contributed by atoms with E-state index >= 15 is 0 Å². The van der Waals surface area contributed by atoms with Gasteiger partial charge in [-0.2, -0.15) is 0 Å². The van der Waals surface area contributed by atoms with Crippen LogP contribution in [0.1, 0.15) is 6.99 Å². The van der Waals surface area contributed by atoms with Gasteiger partial charge in [-0.3, -0.25) is 0 Å². The molecular formula is C7H9NaS. The fraction of sp³-hybridized carbons (Fsp3) is 0.143. The molecule has 0 spiro atoms. The van der Waals surface area contributed by atoms with Crippen molar-refractivity contribution in [2.24, 2.45) is 0 Å². The van der Waals surface area contributed by atoms with Crippen LogP contribution >= 0.6 is 12.6 Å². The summed E-state index contributed by atoms with van der Waals surface area (Å²) in [6, 6.07) is 8.05. The van der Waals surface area contributed by atoms with Crippen molar-refractivity contribution in [3.8, 4) is 0 Å². The Balaban J connectivity index is 0. The molecule has 0 unspecified atom stereocenters. The quantitative estimate of drug-likeness (QED) is 0.368. The zero-order valence-corrected chi connectivity index (χ0v) is 8.65. The number of aryl methyl sites for hydroxylation is 1. The van der Waals surface area contributed by atoms with Crippen molar-refractivity contribution in [3.63, 3.8) is 0 Å². The van der Waals surface area contributed by atoms with E-state index in [1.807, 2.05) is 18.2 Å². The SMILES string of the molecule is Cc1cccc(S)c1.[H-].[Na+]. The number of rotatable bonds is 0. The number of hydrogen-bond donors (Lipinski definition) is 1. The molecule has 1 rings (SSSR count). The van der Waals surface area contributed by atoms with Crippen molar-refractivity contribution >= 4 is 12.6 Å². The summed E-state index contributed by atoms with van der Waals surface area (Å²) in [6.45, 7) is 2.06. The van der Waals surface area contributed by atoms with Crippen LogP contribution in [-0.2, 0) is 0 Å². The summed E-state index contributed by atoms with van der Waals surface area (Å²) in [5.41, 5.74) is 1.26. The molecule has 0 bridgehead atoms. The van der Waals surface area contributed by atoms with Crippen LogP contribution < -0.4 is 29.6 Å². The molecule has 9 heavy (non-hydrogen) atoms. The fourth-order valence-electron chi connectivity index (χ4n) is 0.628. The van der Waals surface area contributed by atoms with E-state index in [1.165, 1.54) is 5.56 Å². The largest absolute Gasteiger partial charge is 1.00 e. The van der Waals surface area contributed by atoms with Crippen LogP contribution in [0.2, 0.25) is 0 Å². The summed E-state index contributed by atoms with van der Waals surface area (Å²) in [7, 11) is 0. The van der Waals surface area contributed by atoms with Crippen LogP contribution in [0.15, 0.2) is 29.2 Å². The molecule has 44 valence electrons. The van der Waals surface area contributed by atoms with Gasteiger partial charge in [-0.1, -0.05) is 17.7 Å². The second-order valence-corrected chi connectivity index (χ2v) is 2.36. The van der Waals surface area contributed by atoms with E-state index in [-0.39, 0.29) is 31.0 Å². The van der Waals surface area contributed by atoms with Gasteiger partial charge in [0.05, 0.1) is 0 Å². The first-order chi connectivity index (χ1) is 3.79. The van der Waals surface area contributed by atoms with Crippen LogP contribution in [0, 0.1) is 6.92 Å². The Morgan fingerprint density at radius 3 is 2.44 bits per heavy atom. The van der Waals surface area contributed by atoms with E-state index in [4.69, 9.17) is 0 Å². The fourth-order valence-corrected chi connectivity index (χ4v) is 0.918. The molecule has 0 radical (unpaired) electrons. The van der Waals surface area contributed by atoms with Gasteiger partial charge in [0.15, 0.2) is 0 Å². The summed E-state index contributed by atoms with van der Waals surface area (Å²) in [4.78, 5) is 1.03. The molecular weight excluding hydrogens is 139 g/mol. The molecule has 0 N–H and O–H groups in total. The average molecular weight is 148 g/mol. The predicted molar refractivity (Wildman–Crippen MR) is 39.5 cm³/mol. The van der Waals surface area contributed by atoms with Crippen molar-refractivity contribution in [1.29, 1.82) is 0 Å². The molecule has 0 saturated carbocycles. The van der Waals surface area contributed by atoms with Gasteiger partial charge in [-0.05, 0) is 19.1 Å². The second kappa shape index (κ2) is 4.40. The third-order valence-electron chi connectivity index (χ3n) is 1.00. The molecule has 0 aliphatic rings. The van der Waals surface area contributed by atoms with Crippen molar-refractivity contribution in [2.45, 2.75) is 11.8 Å². The van der Waals surface area contributed by atoms with E-state index in [1.54, 1.807) is 0 Å². The van der Waals surface area contributed by atoms with E-state index in [2.05, 4.69) is 25.6 Å². The van der Waals surface area contributed by atoms with Crippen molar-refractivity contribution < 1.29 is 31.0 Å². The monoisotopic (exact) mass is 148 g/mol. The molecule has 0 saturated heterocycles. The minimum atomic E-state index is 0. The Labute approximate surface area is 84.8 Å². The zero-order valence-electron chi connectivity index (χ0n) is 6.76. The number of thiol groups is 1. The maximum absolute atomic E-state index is 4.15. The van der Waals surface area contributed by atoms with E-state index in [9.17, 15) is 0 Å². The van der Waals surface area contributed by atoms with Crippen LogP contribution in [-0.4, -0.2) is 0 Å². The van der Waals surface area contributed by atoms with Gasteiger partial charge < -0.3 is 1.43 Å². The van der Waals surface area contributed by atoms with Gasteiger partial charge in [0.1, 0.15) is 0 Å². The molecule has 0 nitrogen and oxygen atoms in total. The first-order valence-electron chi connectivity index (χ1n) is 2.54. The first-order valence-corrected chi connectivity index (χ1v) is 2.99. The normalized spacial score (nSPS) is 8.22. The molecule has 0 amide bonds. The van der Waals surface area contributed by atoms with E-state index in [0.29, 0.717) is 0 Å². The van der Waals surface area contributed by atoms with Gasteiger partial charge in [0.2, 0.25) is 0 Å². The third-order valence-corrected chi connectivity index (χ3v) is 1.28. The van der Waals surface area contributed by atoms with E-state index < -0.39 is 0 Å². The summed E-state index contributed by atoms with van der Waals surface area (Å²) in [5.74, 6) is 0. The molecule has 2 heteroatoms. The average Bonchev–Trinajstić information content (AvgIpc) is 1.64. The summed E-state index contributed by atoms with van der Waals surface area (Å²) >= 11 is 4.15. The molecule has 0 aliphatic heterocycles. The van der Waals surface area contributed by atoms with E-state index in [0.717, 1.165) is 4.90 Å². The van der Waals surface area contributed by atoms with Gasteiger partial charge in [-0.15, -0.1) is 12.6 Å². The van der Waals surface area contributed by atoms with Crippen molar-refractivity contribution in [2.75, 3.05) is 0 Å². The van der Waals surface area contributed by atoms with Crippen LogP contribution in [0.25, 0.3) is 0 Å². The van der Waals surface area contributed by atoms with Crippen molar-refractivity contribution in [1.82, 2.24) is 0 Å². The maximum atomic E-state index is 4.15. The van der Waals surface area contributed by atoms with Crippen molar-refractivity contribution in [3.05, 3.63) is 29.8 Å². The number of benzene rings is 1. The molecule has 1 aromatic rings. The molecule has 0 aliphatic carbocycles. The second-order valence-electron chi connectivity index (χ2n) is 1.84. The summed E-state index contributed by atoms with van der Waals surface area (Å²) in [5, 5.41) is 0. The van der Waals surface area contributed by atoms with Crippen LogP contribution in [0.3, 0.4) is 0 Å². The summed E-state index contributed by atoms with van der Waals surface area (Å²) < 4.78 is 0. The number of hydrogen-bond acceptors (Lipinski definition) is 1. The zero-order chi connectivity index (χ0) is 5.98. The van der Waals surface area contributed by atoms with Crippen LogP contribution in [0.5, 0.6) is 0 Å². The molecule has 0 fully saturated rings. The first kappa shape index (κ1) is 9.57. The van der Waals surface area contributed by atoms with Crippen LogP contribution in [0.4, 0.5) is 0 Å². The Kier molecular flexibility index (Phi) is 4.67. The third kappa shape index (κ3) is 3.31. The Morgan fingerprint density at radius 1 is 1.44 bits per heavy atom. The van der Waals surface area contributed by atoms with Gasteiger partial charge >= 0.3 is 29.6 Å². The predicted octanol–water partition coefficient (Wildman–Crippen LogP) is -0.600. The minimum Gasteiger partial charge on any atom is -1.00 e. The van der Waals surface area contributed by atoms with Gasteiger partial charge in [-0.25, -0.2) is 0 Å². The maximum Gasteiger partial charge on any atom is 1.00 e. The Hall–Kier alpha value is 0.570. The standard InChI is InChI=1S/C7H8S.Na.H/c1-6-3-2-4-7(8)5-6;;/h2-5,8H,1H3;;/q;+1;-1. The molecule has 0 heterocycles. The summed E-state index contributed by atoms with van der Waals surface area (Å²) in [6.07, 6.45) is 0. The minimum absolute atomic E-state index is 0. The molecule has 0 atom stereocenters. The van der Waals surface area contributed by atoms with Gasteiger partial charge in [0.25, 0.3) is 0 Å². The Bertz CT molecular complexity index is 173. The smallest absolute Gasteiger partial charge is 1.00 e. The van der Waals surface area contributed by atoms with Gasteiger partial charge in [0, 0.05) is 4.90 Å². The molecule has 1 aromatic carbocycles. The molecule has 0 aromatic heterocycles. The Morgan fingerprint density at radius 2 is 2.11 bits per heavy atom. The topological polar surface area (TPSA) is 0 Å².